The maximum Gasteiger partial charge on any atom is 0.280 e. The number of nitrogens with one attached hydrogen (secondary N) is 1. The van der Waals surface area contributed by atoms with Crippen molar-refractivity contribution in [1.29, 1.82) is 0 Å². The summed E-state index contributed by atoms with van der Waals surface area (Å²) < 4.78 is 3.45. The minimum atomic E-state index is -0.346. The van der Waals surface area contributed by atoms with Crippen molar-refractivity contribution in [3.63, 3.8) is 0 Å². The molecule has 1 amide bonds. The summed E-state index contributed by atoms with van der Waals surface area (Å²) in [7, 11) is 0. The molecule has 3 aromatic heterocycles. The van der Waals surface area contributed by atoms with Crippen LogP contribution in [-0.4, -0.2) is 31.4 Å². The van der Waals surface area contributed by atoms with Gasteiger partial charge in [-0.2, -0.15) is 9.78 Å². The number of pyridine rings is 1. The van der Waals surface area contributed by atoms with Crippen molar-refractivity contribution in [2.24, 2.45) is 5.10 Å². The predicted octanol–water partition coefficient (Wildman–Crippen LogP) is 2.85. The molecule has 8 nitrogen and oxygen atoms in total. The molecule has 31 heavy (non-hydrogen) atoms. The number of fused-ring (bicyclic) bond motifs is 1. The number of benzene rings is 1. The van der Waals surface area contributed by atoms with E-state index in [1.807, 2.05) is 49.7 Å². The lowest BCUT2D eigenvalue weighted by Crippen LogP contribution is -2.32. The Hall–Kier alpha value is -4.07. The zero-order chi connectivity index (χ0) is 22.0. The van der Waals surface area contributed by atoms with Crippen LogP contribution in [0, 0.1) is 13.8 Å². The van der Waals surface area contributed by atoms with Gasteiger partial charge in [0.15, 0.2) is 0 Å². The van der Waals surface area contributed by atoms with Gasteiger partial charge in [-0.25, -0.2) is 10.4 Å². The summed E-state index contributed by atoms with van der Waals surface area (Å²) in [6, 6.07) is 12.6. The van der Waals surface area contributed by atoms with Gasteiger partial charge in [-0.05, 0) is 44.2 Å². The molecule has 8 heteroatoms. The van der Waals surface area contributed by atoms with Gasteiger partial charge in [0.25, 0.3) is 11.5 Å². The van der Waals surface area contributed by atoms with E-state index < -0.39 is 0 Å². The summed E-state index contributed by atoms with van der Waals surface area (Å²) in [4.78, 5) is 34.0. The molecule has 0 spiro atoms. The summed E-state index contributed by atoms with van der Waals surface area (Å²) in [6.07, 6.45) is 5.24. The third-order valence-electron chi connectivity index (χ3n) is 5.06. The van der Waals surface area contributed by atoms with Crippen LogP contribution in [0.4, 0.5) is 0 Å². The van der Waals surface area contributed by atoms with E-state index in [2.05, 4.69) is 20.5 Å². The molecule has 1 aromatic carbocycles. The summed E-state index contributed by atoms with van der Waals surface area (Å²) in [5.41, 5.74) is 5.93. The van der Waals surface area contributed by atoms with E-state index in [4.69, 9.17) is 0 Å². The summed E-state index contributed by atoms with van der Waals surface area (Å²) in [5.74, 6) is 0.320. The van der Waals surface area contributed by atoms with Gasteiger partial charge < -0.3 is 0 Å². The van der Waals surface area contributed by atoms with Crippen LogP contribution in [0.15, 0.2) is 64.8 Å². The first-order valence-electron chi connectivity index (χ1n) is 9.95. The van der Waals surface area contributed by atoms with E-state index in [9.17, 15) is 9.59 Å². The van der Waals surface area contributed by atoms with Crippen LogP contribution >= 0.6 is 0 Å². The molecule has 0 saturated heterocycles. The van der Waals surface area contributed by atoms with E-state index in [1.54, 1.807) is 35.3 Å². The normalized spacial score (nSPS) is 11.3. The summed E-state index contributed by atoms with van der Waals surface area (Å²) in [5, 5.41) is 4.63. The van der Waals surface area contributed by atoms with Crippen LogP contribution in [0.3, 0.4) is 0 Å². The molecule has 0 aliphatic heterocycles. The number of hydrogen-bond acceptors (Lipinski definition) is 5. The Balaban J connectivity index is 1.72. The Morgan fingerprint density at radius 2 is 1.97 bits per heavy atom. The van der Waals surface area contributed by atoms with Gasteiger partial charge in [-0.3, -0.25) is 19.2 Å². The van der Waals surface area contributed by atoms with Gasteiger partial charge in [0, 0.05) is 35.8 Å². The number of carbonyl (C=O) groups is 1. The van der Waals surface area contributed by atoms with Gasteiger partial charge in [0.2, 0.25) is 0 Å². The number of amides is 1. The number of nitrogens with zero attached hydrogens (tertiary/aromatic N) is 5. The third kappa shape index (κ3) is 3.75. The second-order valence-electron chi connectivity index (χ2n) is 7.09. The molecule has 0 bridgehead atoms. The van der Waals surface area contributed by atoms with Crippen molar-refractivity contribution in [2.75, 3.05) is 0 Å². The highest BCUT2D eigenvalue weighted by molar-refractivity contribution is 5.94. The molecule has 4 aromatic rings. The van der Waals surface area contributed by atoms with Crippen molar-refractivity contribution in [3.8, 4) is 0 Å². The highest BCUT2D eigenvalue weighted by Gasteiger charge is 2.16. The topological polar surface area (TPSA) is 94.2 Å². The maximum atomic E-state index is 13.3. The average Bonchev–Trinajstić information content (AvgIpc) is 3.07. The number of carbonyl (C=O) groups excluding carboxylic acids is 1. The Kier molecular flexibility index (Phi) is 5.44. The highest BCUT2D eigenvalue weighted by Crippen LogP contribution is 2.16. The van der Waals surface area contributed by atoms with Crippen molar-refractivity contribution >= 4 is 23.0 Å². The van der Waals surface area contributed by atoms with Crippen molar-refractivity contribution in [1.82, 2.24) is 24.7 Å². The Morgan fingerprint density at radius 3 is 2.71 bits per heavy atom. The van der Waals surface area contributed by atoms with Gasteiger partial charge in [0.05, 0.1) is 22.7 Å². The van der Waals surface area contributed by atoms with Gasteiger partial charge in [-0.1, -0.05) is 19.1 Å². The first-order chi connectivity index (χ1) is 15.0. The minimum Gasteiger partial charge on any atom is -0.267 e. The smallest absolute Gasteiger partial charge is 0.267 e. The largest absolute Gasteiger partial charge is 0.280 e. The molecule has 0 atom stereocenters. The van der Waals surface area contributed by atoms with Crippen molar-refractivity contribution in [3.05, 3.63) is 93.6 Å². The second kappa shape index (κ2) is 8.35. The van der Waals surface area contributed by atoms with E-state index in [0.29, 0.717) is 28.7 Å². The molecule has 156 valence electrons. The summed E-state index contributed by atoms with van der Waals surface area (Å²) >= 11 is 0. The molecule has 1 N–H and O–H groups in total. The van der Waals surface area contributed by atoms with E-state index >= 15 is 0 Å². The molecular weight excluding hydrogens is 392 g/mol. The standard InChI is InChI=1S/C23H22N6O2/c1-4-21-26-20-10-6-5-9-19(20)23(31)29(21)28-15(2)12-18(16(28)3)14-25-27-22(30)17-8-7-11-24-13-17/h5-14H,4H2,1-3H3,(H,27,30). The molecule has 0 aliphatic carbocycles. The van der Waals surface area contributed by atoms with Gasteiger partial charge in [0.1, 0.15) is 5.82 Å². The number of hydrogen-bond donors (Lipinski definition) is 1. The van der Waals surface area contributed by atoms with Crippen molar-refractivity contribution in [2.45, 2.75) is 27.2 Å². The zero-order valence-electron chi connectivity index (χ0n) is 17.5. The van der Waals surface area contributed by atoms with Crippen LogP contribution in [0.5, 0.6) is 0 Å². The molecule has 0 aliphatic rings. The van der Waals surface area contributed by atoms with Crippen LogP contribution in [0.25, 0.3) is 10.9 Å². The van der Waals surface area contributed by atoms with Crippen molar-refractivity contribution < 1.29 is 4.79 Å². The number of aromatic nitrogens is 4. The number of hydrazone groups is 1. The molecule has 3 heterocycles. The minimum absolute atomic E-state index is 0.127. The third-order valence-corrected chi connectivity index (χ3v) is 5.06. The summed E-state index contributed by atoms with van der Waals surface area (Å²) in [6.45, 7) is 5.79. The molecule has 0 radical (unpaired) electrons. The molecule has 0 saturated carbocycles. The lowest BCUT2D eigenvalue weighted by atomic mass is 10.2. The molecule has 4 rings (SSSR count). The Labute approximate surface area is 178 Å². The Bertz CT molecular complexity index is 1350. The maximum absolute atomic E-state index is 13.3. The van der Waals surface area contributed by atoms with Crippen LogP contribution in [0.2, 0.25) is 0 Å². The molecular formula is C23H22N6O2. The van der Waals surface area contributed by atoms with Gasteiger partial charge in [-0.15, -0.1) is 0 Å². The highest BCUT2D eigenvalue weighted by atomic mass is 16.2. The monoisotopic (exact) mass is 414 g/mol. The lowest BCUT2D eigenvalue weighted by molar-refractivity contribution is 0.0955. The van der Waals surface area contributed by atoms with E-state index in [1.165, 1.54) is 6.20 Å². The second-order valence-corrected chi connectivity index (χ2v) is 7.09. The average molecular weight is 414 g/mol. The lowest BCUT2D eigenvalue weighted by Gasteiger charge is -2.17. The number of aryl methyl sites for hydroxylation is 2. The van der Waals surface area contributed by atoms with E-state index in [0.717, 1.165) is 17.0 Å². The van der Waals surface area contributed by atoms with Gasteiger partial charge >= 0.3 is 0 Å². The predicted molar refractivity (Wildman–Crippen MR) is 119 cm³/mol. The first kappa shape index (κ1) is 20.2. The quantitative estimate of drug-likeness (QED) is 0.401. The van der Waals surface area contributed by atoms with Crippen LogP contribution in [0.1, 0.15) is 40.1 Å². The zero-order valence-corrected chi connectivity index (χ0v) is 17.5. The molecule has 0 unspecified atom stereocenters. The first-order valence-corrected chi connectivity index (χ1v) is 9.95. The fraction of sp³-hybridized carbons (Fsp3) is 0.174. The fourth-order valence-corrected chi connectivity index (χ4v) is 3.54. The van der Waals surface area contributed by atoms with Crippen LogP contribution < -0.4 is 11.0 Å². The van der Waals surface area contributed by atoms with E-state index in [-0.39, 0.29) is 11.5 Å². The molecule has 0 fully saturated rings. The SMILES string of the molecule is CCc1nc2ccccc2c(=O)n1-n1c(C)cc(C=NNC(=O)c2cccnc2)c1C. The number of rotatable bonds is 5. The fourth-order valence-electron chi connectivity index (χ4n) is 3.54. The Morgan fingerprint density at radius 1 is 1.16 bits per heavy atom. The van der Waals surface area contributed by atoms with Crippen LogP contribution in [-0.2, 0) is 6.42 Å². The number of para-hydroxylation sites is 1.